The SMILES string of the molecule is CCCNC(C)(CCCN(C)C(CC)CC)C(=O)O. The van der Waals surface area contributed by atoms with Crippen molar-refractivity contribution >= 4 is 5.97 Å². The van der Waals surface area contributed by atoms with Gasteiger partial charge in [-0.2, -0.15) is 0 Å². The van der Waals surface area contributed by atoms with Gasteiger partial charge in [0.2, 0.25) is 0 Å². The molecule has 0 radical (unpaired) electrons. The molecule has 4 nitrogen and oxygen atoms in total. The Hall–Kier alpha value is -0.610. The molecule has 114 valence electrons. The second kappa shape index (κ2) is 9.32. The Bertz CT molecular complexity index is 255. The topological polar surface area (TPSA) is 52.6 Å². The molecular weight excluding hydrogens is 240 g/mol. The standard InChI is InChI=1S/C15H32N2O2/c1-6-11-16-15(4,14(18)19)10-9-12-17(5)13(7-2)8-3/h13,16H,6-12H2,1-5H3,(H,18,19). The van der Waals surface area contributed by atoms with Crippen molar-refractivity contribution in [3.05, 3.63) is 0 Å². The Morgan fingerprint density at radius 3 is 2.32 bits per heavy atom. The molecule has 0 aliphatic rings. The smallest absolute Gasteiger partial charge is 0.323 e. The van der Waals surface area contributed by atoms with Crippen molar-refractivity contribution in [2.24, 2.45) is 0 Å². The van der Waals surface area contributed by atoms with Gasteiger partial charge in [0.1, 0.15) is 5.54 Å². The van der Waals surface area contributed by atoms with Crippen LogP contribution in [0.4, 0.5) is 0 Å². The van der Waals surface area contributed by atoms with Gasteiger partial charge in [0.05, 0.1) is 0 Å². The molecule has 0 aliphatic carbocycles. The third-order valence-electron chi connectivity index (χ3n) is 3.99. The summed E-state index contributed by atoms with van der Waals surface area (Å²) in [6.45, 7) is 9.97. The second-order valence-corrected chi connectivity index (χ2v) is 5.62. The zero-order chi connectivity index (χ0) is 14.9. The van der Waals surface area contributed by atoms with Crippen LogP contribution in [0.2, 0.25) is 0 Å². The van der Waals surface area contributed by atoms with E-state index in [0.29, 0.717) is 12.5 Å². The molecule has 0 bridgehead atoms. The molecule has 0 spiro atoms. The third kappa shape index (κ3) is 6.39. The maximum Gasteiger partial charge on any atom is 0.323 e. The van der Waals surface area contributed by atoms with Crippen LogP contribution in [-0.2, 0) is 4.79 Å². The van der Waals surface area contributed by atoms with E-state index in [4.69, 9.17) is 0 Å². The van der Waals surface area contributed by atoms with Crippen LogP contribution in [0.5, 0.6) is 0 Å². The number of carboxylic acids is 1. The van der Waals surface area contributed by atoms with Gasteiger partial charge < -0.3 is 15.3 Å². The first kappa shape index (κ1) is 18.4. The summed E-state index contributed by atoms with van der Waals surface area (Å²) in [5, 5.41) is 12.5. The van der Waals surface area contributed by atoms with Gasteiger partial charge in [0.15, 0.2) is 0 Å². The number of rotatable bonds is 11. The Morgan fingerprint density at radius 1 is 1.32 bits per heavy atom. The van der Waals surface area contributed by atoms with Crippen LogP contribution < -0.4 is 5.32 Å². The first-order valence-corrected chi connectivity index (χ1v) is 7.59. The minimum atomic E-state index is -0.787. The lowest BCUT2D eigenvalue weighted by Crippen LogP contribution is -2.50. The highest BCUT2D eigenvalue weighted by atomic mass is 16.4. The fourth-order valence-corrected chi connectivity index (χ4v) is 2.45. The largest absolute Gasteiger partial charge is 0.480 e. The van der Waals surface area contributed by atoms with Crippen LogP contribution in [0.3, 0.4) is 0 Å². The van der Waals surface area contributed by atoms with E-state index >= 15 is 0 Å². The predicted molar refractivity (Wildman–Crippen MR) is 80.6 cm³/mol. The maximum absolute atomic E-state index is 11.4. The van der Waals surface area contributed by atoms with Crippen molar-refractivity contribution in [1.82, 2.24) is 10.2 Å². The molecule has 0 heterocycles. The summed E-state index contributed by atoms with van der Waals surface area (Å²) in [6, 6.07) is 0.611. The molecule has 0 aromatic rings. The number of aliphatic carboxylic acids is 1. The highest BCUT2D eigenvalue weighted by Gasteiger charge is 2.31. The van der Waals surface area contributed by atoms with Crippen molar-refractivity contribution < 1.29 is 9.90 Å². The predicted octanol–water partition coefficient (Wildman–Crippen LogP) is 2.73. The van der Waals surface area contributed by atoms with Crippen molar-refractivity contribution in [1.29, 1.82) is 0 Å². The van der Waals surface area contributed by atoms with E-state index < -0.39 is 11.5 Å². The van der Waals surface area contributed by atoms with E-state index in [1.165, 1.54) is 0 Å². The van der Waals surface area contributed by atoms with Gasteiger partial charge in [-0.25, -0.2) is 0 Å². The highest BCUT2D eigenvalue weighted by molar-refractivity contribution is 5.78. The zero-order valence-corrected chi connectivity index (χ0v) is 13.3. The van der Waals surface area contributed by atoms with Crippen LogP contribution in [-0.4, -0.2) is 47.7 Å². The lowest BCUT2D eigenvalue weighted by Gasteiger charge is -2.29. The van der Waals surface area contributed by atoms with E-state index in [9.17, 15) is 9.90 Å². The monoisotopic (exact) mass is 272 g/mol. The van der Waals surface area contributed by atoms with E-state index in [1.807, 2.05) is 0 Å². The summed E-state index contributed by atoms with van der Waals surface area (Å²) in [4.78, 5) is 13.7. The summed E-state index contributed by atoms with van der Waals surface area (Å²) in [5.74, 6) is -0.744. The number of hydrogen-bond acceptors (Lipinski definition) is 3. The second-order valence-electron chi connectivity index (χ2n) is 5.62. The first-order chi connectivity index (χ1) is 8.91. The van der Waals surface area contributed by atoms with E-state index in [0.717, 1.165) is 38.8 Å². The molecule has 0 rings (SSSR count). The molecule has 0 amide bonds. The molecule has 0 aromatic heterocycles. The zero-order valence-electron chi connectivity index (χ0n) is 13.3. The van der Waals surface area contributed by atoms with Crippen LogP contribution in [0.15, 0.2) is 0 Å². The van der Waals surface area contributed by atoms with Gasteiger partial charge in [-0.1, -0.05) is 20.8 Å². The number of nitrogens with zero attached hydrogens (tertiary/aromatic N) is 1. The van der Waals surface area contributed by atoms with Crippen molar-refractivity contribution in [2.45, 2.75) is 71.4 Å². The van der Waals surface area contributed by atoms with Crippen LogP contribution in [0, 0.1) is 0 Å². The van der Waals surface area contributed by atoms with E-state index in [1.54, 1.807) is 6.92 Å². The highest BCUT2D eigenvalue weighted by Crippen LogP contribution is 2.15. The number of carbonyl (C=O) groups is 1. The summed E-state index contributed by atoms with van der Waals surface area (Å²) >= 11 is 0. The normalized spacial score (nSPS) is 14.9. The maximum atomic E-state index is 11.4. The number of hydrogen-bond donors (Lipinski definition) is 2. The van der Waals surface area contributed by atoms with Crippen LogP contribution >= 0.6 is 0 Å². The number of nitrogens with one attached hydrogen (secondary N) is 1. The van der Waals surface area contributed by atoms with Gasteiger partial charge in [-0.15, -0.1) is 0 Å². The van der Waals surface area contributed by atoms with Gasteiger partial charge in [-0.05, 0) is 59.2 Å². The van der Waals surface area contributed by atoms with Crippen LogP contribution in [0.1, 0.15) is 59.8 Å². The minimum Gasteiger partial charge on any atom is -0.480 e. The van der Waals surface area contributed by atoms with Crippen molar-refractivity contribution in [2.75, 3.05) is 20.1 Å². The third-order valence-corrected chi connectivity index (χ3v) is 3.99. The molecule has 0 fully saturated rings. The summed E-state index contributed by atoms with van der Waals surface area (Å²) in [5.41, 5.74) is -0.787. The summed E-state index contributed by atoms with van der Waals surface area (Å²) in [6.07, 6.45) is 4.84. The molecule has 0 saturated heterocycles. The quantitative estimate of drug-likeness (QED) is 0.607. The Balaban J connectivity index is 4.22. The van der Waals surface area contributed by atoms with Gasteiger partial charge in [0.25, 0.3) is 0 Å². The number of carboxylic acid groups (broad SMARTS) is 1. The molecule has 2 N–H and O–H groups in total. The Morgan fingerprint density at radius 2 is 1.89 bits per heavy atom. The lowest BCUT2D eigenvalue weighted by molar-refractivity contribution is -0.144. The first-order valence-electron chi connectivity index (χ1n) is 7.59. The Labute approximate surface area is 118 Å². The van der Waals surface area contributed by atoms with Gasteiger partial charge in [-0.3, -0.25) is 4.79 Å². The van der Waals surface area contributed by atoms with Gasteiger partial charge >= 0.3 is 5.97 Å². The molecule has 1 atom stereocenters. The molecule has 0 aliphatic heterocycles. The fourth-order valence-electron chi connectivity index (χ4n) is 2.45. The average Bonchev–Trinajstić information content (AvgIpc) is 2.37. The summed E-state index contributed by atoms with van der Waals surface area (Å²) < 4.78 is 0. The molecule has 0 saturated carbocycles. The van der Waals surface area contributed by atoms with Crippen LogP contribution in [0.25, 0.3) is 0 Å². The average molecular weight is 272 g/mol. The molecule has 4 heteroatoms. The minimum absolute atomic E-state index is 0.611. The molecule has 19 heavy (non-hydrogen) atoms. The van der Waals surface area contributed by atoms with E-state index in [-0.39, 0.29) is 0 Å². The van der Waals surface area contributed by atoms with Crippen molar-refractivity contribution in [3.8, 4) is 0 Å². The van der Waals surface area contributed by atoms with E-state index in [2.05, 4.69) is 38.0 Å². The summed E-state index contributed by atoms with van der Waals surface area (Å²) in [7, 11) is 2.13. The lowest BCUT2D eigenvalue weighted by atomic mass is 9.95. The Kier molecular flexibility index (Phi) is 9.02. The molecule has 0 aromatic carbocycles. The molecule has 1 unspecified atom stereocenters. The molecular formula is C15H32N2O2. The fraction of sp³-hybridized carbons (Fsp3) is 0.933. The van der Waals surface area contributed by atoms with Crippen molar-refractivity contribution in [3.63, 3.8) is 0 Å². The van der Waals surface area contributed by atoms with Gasteiger partial charge in [0, 0.05) is 6.04 Å².